The molecule has 2 heterocycles. The van der Waals surface area contributed by atoms with E-state index in [9.17, 15) is 4.39 Å². The lowest BCUT2D eigenvalue weighted by Crippen LogP contribution is -2.42. The molecule has 1 aliphatic rings. The van der Waals surface area contributed by atoms with E-state index in [0.717, 1.165) is 68.1 Å². The molecule has 3 aromatic rings. The quantitative estimate of drug-likeness (QED) is 0.515. The standard InChI is InChI=1S/C27H33FN4/c1-2-32(25-12-15-29-16-13-25)20-22-8-3-9-23(18-22)26-14-17-30-27(31-26)11-5-7-21-6-4-10-24(28)19-21/h3-4,6,8-10,14,17-19,25,29H,2,5,7,11-13,15-16,20H2,1H3. The molecule has 0 amide bonds. The highest BCUT2D eigenvalue weighted by Crippen LogP contribution is 2.21. The summed E-state index contributed by atoms with van der Waals surface area (Å²) in [5, 5.41) is 3.46. The van der Waals surface area contributed by atoms with E-state index in [1.807, 2.05) is 18.3 Å². The van der Waals surface area contributed by atoms with E-state index in [0.29, 0.717) is 6.04 Å². The molecule has 0 atom stereocenters. The third-order valence-corrected chi connectivity index (χ3v) is 6.30. The van der Waals surface area contributed by atoms with Gasteiger partial charge in [0.25, 0.3) is 0 Å². The maximum Gasteiger partial charge on any atom is 0.128 e. The van der Waals surface area contributed by atoms with Crippen LogP contribution in [-0.4, -0.2) is 40.5 Å². The van der Waals surface area contributed by atoms with Crippen LogP contribution in [0.25, 0.3) is 11.3 Å². The average molecular weight is 433 g/mol. The minimum atomic E-state index is -0.178. The van der Waals surface area contributed by atoms with E-state index in [2.05, 4.69) is 46.4 Å². The molecule has 1 fully saturated rings. The molecule has 0 saturated carbocycles. The molecule has 5 heteroatoms. The van der Waals surface area contributed by atoms with Crippen molar-refractivity contribution in [3.63, 3.8) is 0 Å². The first-order valence-electron chi connectivity index (χ1n) is 11.8. The molecule has 1 aromatic heterocycles. The van der Waals surface area contributed by atoms with Crippen molar-refractivity contribution < 1.29 is 4.39 Å². The molecule has 1 N–H and O–H groups in total. The minimum absolute atomic E-state index is 0.178. The average Bonchev–Trinajstić information content (AvgIpc) is 2.83. The Morgan fingerprint density at radius 2 is 1.81 bits per heavy atom. The summed E-state index contributed by atoms with van der Waals surface area (Å²) in [4.78, 5) is 11.9. The summed E-state index contributed by atoms with van der Waals surface area (Å²) in [5.41, 5.74) is 4.45. The maximum atomic E-state index is 13.4. The van der Waals surface area contributed by atoms with Crippen LogP contribution in [0.15, 0.2) is 60.8 Å². The predicted molar refractivity (Wildman–Crippen MR) is 128 cm³/mol. The smallest absolute Gasteiger partial charge is 0.128 e. The van der Waals surface area contributed by atoms with Crippen LogP contribution in [0.5, 0.6) is 0 Å². The second-order valence-corrected chi connectivity index (χ2v) is 8.59. The Hall–Kier alpha value is -2.63. The van der Waals surface area contributed by atoms with Crippen molar-refractivity contribution in [1.82, 2.24) is 20.2 Å². The number of nitrogens with zero attached hydrogens (tertiary/aromatic N) is 3. The number of aromatic nitrogens is 2. The Kier molecular flexibility index (Phi) is 7.97. The topological polar surface area (TPSA) is 41.1 Å². The molecule has 2 aromatic carbocycles. The Bertz CT molecular complexity index is 1000. The highest BCUT2D eigenvalue weighted by molar-refractivity contribution is 5.59. The number of piperidine rings is 1. The Morgan fingerprint density at radius 1 is 1.00 bits per heavy atom. The first-order valence-corrected chi connectivity index (χ1v) is 11.8. The van der Waals surface area contributed by atoms with E-state index in [-0.39, 0.29) is 5.82 Å². The monoisotopic (exact) mass is 432 g/mol. The second-order valence-electron chi connectivity index (χ2n) is 8.59. The molecular weight excluding hydrogens is 399 g/mol. The zero-order chi connectivity index (χ0) is 22.2. The Balaban J connectivity index is 1.40. The summed E-state index contributed by atoms with van der Waals surface area (Å²) in [6, 6.07) is 18.2. The van der Waals surface area contributed by atoms with Crippen molar-refractivity contribution in [3.05, 3.63) is 83.6 Å². The lowest BCUT2D eigenvalue weighted by atomic mass is 10.0. The van der Waals surface area contributed by atoms with Gasteiger partial charge in [0, 0.05) is 30.8 Å². The fraction of sp³-hybridized carbons (Fsp3) is 0.407. The van der Waals surface area contributed by atoms with Gasteiger partial charge in [-0.1, -0.05) is 37.3 Å². The van der Waals surface area contributed by atoms with Crippen LogP contribution in [0.4, 0.5) is 4.39 Å². The highest BCUT2D eigenvalue weighted by Gasteiger charge is 2.19. The summed E-state index contributed by atoms with van der Waals surface area (Å²) in [6.45, 7) is 6.53. The first-order chi connectivity index (χ1) is 15.7. The predicted octanol–water partition coefficient (Wildman–Crippen LogP) is 5.03. The molecule has 0 radical (unpaired) electrons. The van der Waals surface area contributed by atoms with Crippen LogP contribution in [0.1, 0.15) is 43.1 Å². The SMILES string of the molecule is CCN(Cc1cccc(-c2ccnc(CCCc3cccc(F)c3)n2)c1)C1CCNCC1. The van der Waals surface area contributed by atoms with Crippen molar-refractivity contribution in [1.29, 1.82) is 0 Å². The fourth-order valence-electron chi connectivity index (χ4n) is 4.56. The van der Waals surface area contributed by atoms with Crippen LogP contribution < -0.4 is 5.32 Å². The van der Waals surface area contributed by atoms with Crippen LogP contribution in [0, 0.1) is 5.82 Å². The third kappa shape index (κ3) is 6.21. The van der Waals surface area contributed by atoms with Gasteiger partial charge >= 0.3 is 0 Å². The van der Waals surface area contributed by atoms with Gasteiger partial charge in [-0.15, -0.1) is 0 Å². The van der Waals surface area contributed by atoms with Crippen molar-refractivity contribution in [3.8, 4) is 11.3 Å². The van der Waals surface area contributed by atoms with E-state index < -0.39 is 0 Å². The number of rotatable bonds is 9. The highest BCUT2D eigenvalue weighted by atomic mass is 19.1. The van der Waals surface area contributed by atoms with E-state index >= 15 is 0 Å². The number of hydrogen-bond donors (Lipinski definition) is 1. The molecule has 0 aliphatic carbocycles. The Morgan fingerprint density at radius 3 is 2.62 bits per heavy atom. The van der Waals surface area contributed by atoms with Gasteiger partial charge in [-0.05, 0) is 80.7 Å². The van der Waals surface area contributed by atoms with Crippen molar-refractivity contribution >= 4 is 0 Å². The normalized spacial score (nSPS) is 14.7. The molecule has 32 heavy (non-hydrogen) atoms. The van der Waals surface area contributed by atoms with Gasteiger partial charge < -0.3 is 5.32 Å². The summed E-state index contributed by atoms with van der Waals surface area (Å²) < 4.78 is 13.4. The summed E-state index contributed by atoms with van der Waals surface area (Å²) in [5.74, 6) is 0.664. The van der Waals surface area contributed by atoms with E-state index in [4.69, 9.17) is 4.98 Å². The second kappa shape index (κ2) is 11.3. The van der Waals surface area contributed by atoms with Gasteiger partial charge in [-0.2, -0.15) is 0 Å². The lowest BCUT2D eigenvalue weighted by molar-refractivity contribution is 0.162. The molecule has 4 rings (SSSR count). The molecule has 0 bridgehead atoms. The van der Waals surface area contributed by atoms with Gasteiger partial charge in [-0.3, -0.25) is 4.90 Å². The maximum absolute atomic E-state index is 13.4. The van der Waals surface area contributed by atoms with Crippen molar-refractivity contribution in [2.24, 2.45) is 0 Å². The van der Waals surface area contributed by atoms with E-state index in [1.54, 1.807) is 12.1 Å². The van der Waals surface area contributed by atoms with Crippen molar-refractivity contribution in [2.75, 3.05) is 19.6 Å². The van der Waals surface area contributed by atoms with Crippen molar-refractivity contribution in [2.45, 2.75) is 51.6 Å². The van der Waals surface area contributed by atoms with Crippen LogP contribution in [0.3, 0.4) is 0 Å². The number of nitrogens with one attached hydrogen (secondary N) is 1. The molecule has 1 saturated heterocycles. The van der Waals surface area contributed by atoms with Gasteiger partial charge in [0.1, 0.15) is 11.6 Å². The number of halogens is 1. The van der Waals surface area contributed by atoms with Gasteiger partial charge in [0.05, 0.1) is 5.69 Å². The Labute approximate surface area is 190 Å². The minimum Gasteiger partial charge on any atom is -0.317 e. The van der Waals surface area contributed by atoms with Gasteiger partial charge in [-0.25, -0.2) is 14.4 Å². The molecule has 0 unspecified atom stereocenters. The van der Waals surface area contributed by atoms with E-state index in [1.165, 1.54) is 24.5 Å². The summed E-state index contributed by atoms with van der Waals surface area (Å²) in [6.07, 6.45) is 6.79. The lowest BCUT2D eigenvalue weighted by Gasteiger charge is -2.34. The zero-order valence-electron chi connectivity index (χ0n) is 18.9. The van der Waals surface area contributed by atoms with Crippen LogP contribution >= 0.6 is 0 Å². The van der Waals surface area contributed by atoms with Crippen LogP contribution in [-0.2, 0) is 19.4 Å². The van der Waals surface area contributed by atoms with Crippen LogP contribution in [0.2, 0.25) is 0 Å². The molecule has 168 valence electrons. The molecule has 0 spiro atoms. The number of aryl methyl sites for hydroxylation is 2. The van der Waals surface area contributed by atoms with Gasteiger partial charge in [0.15, 0.2) is 0 Å². The number of hydrogen-bond acceptors (Lipinski definition) is 4. The summed E-state index contributed by atoms with van der Waals surface area (Å²) >= 11 is 0. The first kappa shape index (κ1) is 22.6. The fourth-order valence-corrected chi connectivity index (χ4v) is 4.56. The largest absolute Gasteiger partial charge is 0.317 e. The summed E-state index contributed by atoms with van der Waals surface area (Å²) in [7, 11) is 0. The molecule has 4 nitrogen and oxygen atoms in total. The third-order valence-electron chi connectivity index (χ3n) is 6.30. The zero-order valence-corrected chi connectivity index (χ0v) is 18.9. The number of benzene rings is 2. The van der Waals surface area contributed by atoms with Gasteiger partial charge in [0.2, 0.25) is 0 Å². The molecular formula is C27H33FN4. The molecule has 1 aliphatic heterocycles.